The van der Waals surface area contributed by atoms with Gasteiger partial charge >= 0.3 is 5.97 Å². The van der Waals surface area contributed by atoms with E-state index in [1.165, 1.54) is 19.1 Å². The summed E-state index contributed by atoms with van der Waals surface area (Å²) in [7, 11) is 0. The SMILES string of the molecule is CC(N)C(=O)OCN1C(=O)CC[C@H](N2C(=O)c3ccccc3C2=O)C1=O. The van der Waals surface area contributed by atoms with Gasteiger partial charge in [0.05, 0.1) is 11.1 Å². The van der Waals surface area contributed by atoms with Crippen LogP contribution in [0.2, 0.25) is 0 Å². The molecule has 0 spiro atoms. The molecule has 136 valence electrons. The maximum atomic E-state index is 12.7. The number of nitrogens with zero attached hydrogens (tertiary/aromatic N) is 2. The molecule has 0 aromatic heterocycles. The van der Waals surface area contributed by atoms with Gasteiger partial charge in [-0.25, -0.2) is 4.90 Å². The van der Waals surface area contributed by atoms with Crippen LogP contribution in [-0.4, -0.2) is 58.2 Å². The van der Waals surface area contributed by atoms with Crippen LogP contribution < -0.4 is 5.73 Å². The molecule has 9 heteroatoms. The summed E-state index contributed by atoms with van der Waals surface area (Å²) in [5.41, 5.74) is 5.81. The van der Waals surface area contributed by atoms with Crippen molar-refractivity contribution in [3.8, 4) is 0 Å². The maximum Gasteiger partial charge on any atom is 0.324 e. The minimum absolute atomic E-state index is 0.0286. The highest BCUT2D eigenvalue weighted by Crippen LogP contribution is 2.28. The van der Waals surface area contributed by atoms with Gasteiger partial charge in [-0.2, -0.15) is 0 Å². The summed E-state index contributed by atoms with van der Waals surface area (Å²) in [6.07, 6.45) is -0.0274. The zero-order valence-corrected chi connectivity index (χ0v) is 14.0. The molecule has 1 saturated heterocycles. The predicted molar refractivity (Wildman–Crippen MR) is 86.4 cm³/mol. The first-order valence-electron chi connectivity index (χ1n) is 8.06. The lowest BCUT2D eigenvalue weighted by Crippen LogP contribution is -2.56. The molecule has 2 aliphatic rings. The molecule has 2 heterocycles. The number of hydrogen-bond donors (Lipinski definition) is 1. The van der Waals surface area contributed by atoms with E-state index in [9.17, 15) is 24.0 Å². The fourth-order valence-corrected chi connectivity index (χ4v) is 2.95. The second-order valence-electron chi connectivity index (χ2n) is 6.12. The average Bonchev–Trinajstić information content (AvgIpc) is 2.86. The Morgan fingerprint density at radius 2 is 1.77 bits per heavy atom. The second kappa shape index (κ2) is 6.68. The minimum atomic E-state index is -1.12. The van der Waals surface area contributed by atoms with Crippen molar-refractivity contribution in [1.29, 1.82) is 0 Å². The van der Waals surface area contributed by atoms with Gasteiger partial charge < -0.3 is 10.5 Å². The largest absolute Gasteiger partial charge is 0.443 e. The Morgan fingerprint density at radius 3 is 2.31 bits per heavy atom. The van der Waals surface area contributed by atoms with Crippen LogP contribution >= 0.6 is 0 Å². The summed E-state index contributed by atoms with van der Waals surface area (Å²) in [6.45, 7) is 0.807. The fourth-order valence-electron chi connectivity index (χ4n) is 2.95. The molecule has 26 heavy (non-hydrogen) atoms. The standard InChI is InChI=1S/C17H17N3O6/c1-9(18)17(25)26-8-19-13(21)7-6-12(16(19)24)20-14(22)10-4-2-3-5-11(10)15(20)23/h2-5,9,12H,6-8,18H2,1H3/t9?,12-/m0/s1. The van der Waals surface area contributed by atoms with Crippen molar-refractivity contribution in [1.82, 2.24) is 9.80 Å². The number of imide groups is 2. The lowest BCUT2D eigenvalue weighted by molar-refractivity contribution is -0.164. The van der Waals surface area contributed by atoms with E-state index in [4.69, 9.17) is 10.5 Å². The third kappa shape index (κ3) is 2.86. The summed E-state index contributed by atoms with van der Waals surface area (Å²) >= 11 is 0. The lowest BCUT2D eigenvalue weighted by Gasteiger charge is -2.34. The molecule has 1 aromatic carbocycles. The zero-order chi connectivity index (χ0) is 19.0. The minimum Gasteiger partial charge on any atom is -0.443 e. The molecule has 4 amide bonds. The third-order valence-corrected chi connectivity index (χ3v) is 4.33. The van der Waals surface area contributed by atoms with E-state index in [0.717, 1.165) is 9.80 Å². The number of hydrogen-bond acceptors (Lipinski definition) is 7. The van der Waals surface area contributed by atoms with E-state index in [1.807, 2.05) is 0 Å². The monoisotopic (exact) mass is 359 g/mol. The summed E-state index contributed by atoms with van der Waals surface area (Å²) in [5.74, 6) is -3.22. The smallest absolute Gasteiger partial charge is 0.324 e. The highest BCUT2D eigenvalue weighted by molar-refractivity contribution is 6.23. The number of esters is 1. The number of amides is 4. The van der Waals surface area contributed by atoms with Gasteiger partial charge in [0.1, 0.15) is 12.1 Å². The summed E-state index contributed by atoms with van der Waals surface area (Å²) in [5, 5.41) is 0. The van der Waals surface area contributed by atoms with E-state index in [1.54, 1.807) is 12.1 Å². The predicted octanol–water partition coefficient (Wildman–Crippen LogP) is -0.352. The van der Waals surface area contributed by atoms with Crippen LogP contribution in [-0.2, 0) is 19.1 Å². The molecule has 2 aliphatic heterocycles. The number of piperidine rings is 1. The van der Waals surface area contributed by atoms with Gasteiger partial charge in [0, 0.05) is 6.42 Å². The Morgan fingerprint density at radius 1 is 1.19 bits per heavy atom. The first kappa shape index (κ1) is 17.7. The average molecular weight is 359 g/mol. The molecule has 0 aliphatic carbocycles. The van der Waals surface area contributed by atoms with Gasteiger partial charge in [-0.05, 0) is 25.5 Å². The number of benzene rings is 1. The van der Waals surface area contributed by atoms with E-state index < -0.39 is 48.4 Å². The van der Waals surface area contributed by atoms with Crippen LogP contribution in [0, 0.1) is 0 Å². The molecule has 3 rings (SSSR count). The van der Waals surface area contributed by atoms with Crippen LogP contribution in [0.5, 0.6) is 0 Å². The molecule has 1 fully saturated rings. The zero-order valence-electron chi connectivity index (χ0n) is 14.0. The van der Waals surface area contributed by atoms with Crippen LogP contribution in [0.25, 0.3) is 0 Å². The molecule has 2 atom stereocenters. The van der Waals surface area contributed by atoms with Crippen LogP contribution in [0.15, 0.2) is 24.3 Å². The fraction of sp³-hybridized carbons (Fsp3) is 0.353. The van der Waals surface area contributed by atoms with Crippen molar-refractivity contribution >= 4 is 29.6 Å². The van der Waals surface area contributed by atoms with E-state index >= 15 is 0 Å². The first-order valence-corrected chi connectivity index (χ1v) is 8.06. The quantitative estimate of drug-likeness (QED) is 0.575. The molecule has 2 N–H and O–H groups in total. The van der Waals surface area contributed by atoms with Gasteiger partial charge in [0.2, 0.25) is 5.91 Å². The molecular formula is C17H17N3O6. The first-order chi connectivity index (χ1) is 12.3. The van der Waals surface area contributed by atoms with Gasteiger partial charge in [-0.15, -0.1) is 0 Å². The second-order valence-corrected chi connectivity index (χ2v) is 6.12. The van der Waals surface area contributed by atoms with Crippen LogP contribution in [0.1, 0.15) is 40.5 Å². The number of nitrogens with two attached hydrogens (primary N) is 1. The number of carbonyl (C=O) groups excluding carboxylic acids is 5. The normalized spacial score (nSPS) is 21.1. The Hall–Kier alpha value is -3.07. The van der Waals surface area contributed by atoms with E-state index in [-0.39, 0.29) is 24.0 Å². The Bertz CT molecular complexity index is 783. The molecule has 9 nitrogen and oxygen atoms in total. The lowest BCUT2D eigenvalue weighted by atomic mass is 10.0. The van der Waals surface area contributed by atoms with E-state index in [0.29, 0.717) is 0 Å². The molecule has 1 aromatic rings. The van der Waals surface area contributed by atoms with Gasteiger partial charge in [-0.3, -0.25) is 28.9 Å². The molecule has 0 radical (unpaired) electrons. The van der Waals surface area contributed by atoms with Crippen molar-refractivity contribution in [3.05, 3.63) is 35.4 Å². The van der Waals surface area contributed by atoms with Gasteiger partial charge in [0.25, 0.3) is 17.7 Å². The maximum absolute atomic E-state index is 12.7. The van der Waals surface area contributed by atoms with Gasteiger partial charge in [0.15, 0.2) is 6.73 Å². The number of rotatable bonds is 4. The summed E-state index contributed by atoms with van der Waals surface area (Å²) in [4.78, 5) is 62.9. The molecular weight excluding hydrogens is 342 g/mol. The van der Waals surface area contributed by atoms with Crippen molar-refractivity contribution in [2.24, 2.45) is 5.73 Å². The Balaban J connectivity index is 1.80. The van der Waals surface area contributed by atoms with Crippen LogP contribution in [0.4, 0.5) is 0 Å². The van der Waals surface area contributed by atoms with Crippen LogP contribution in [0.3, 0.4) is 0 Å². The Kier molecular flexibility index (Phi) is 4.56. The van der Waals surface area contributed by atoms with Crippen molar-refractivity contribution in [2.45, 2.75) is 31.8 Å². The van der Waals surface area contributed by atoms with Gasteiger partial charge in [-0.1, -0.05) is 12.1 Å². The topological polar surface area (TPSA) is 127 Å². The van der Waals surface area contributed by atoms with Crippen molar-refractivity contribution < 1.29 is 28.7 Å². The number of likely N-dealkylation sites (tertiary alicyclic amines) is 1. The summed E-state index contributed by atoms with van der Waals surface area (Å²) in [6, 6.07) is 4.25. The molecule has 0 bridgehead atoms. The Labute approximate surface area is 148 Å². The third-order valence-electron chi connectivity index (χ3n) is 4.33. The highest BCUT2D eigenvalue weighted by Gasteiger charge is 2.47. The number of fused-ring (bicyclic) bond motifs is 1. The summed E-state index contributed by atoms with van der Waals surface area (Å²) < 4.78 is 4.84. The molecule has 0 saturated carbocycles. The van der Waals surface area contributed by atoms with E-state index in [2.05, 4.69) is 0 Å². The highest BCUT2D eigenvalue weighted by atomic mass is 16.5. The molecule has 1 unspecified atom stereocenters. The van der Waals surface area contributed by atoms with Crippen molar-refractivity contribution in [3.63, 3.8) is 0 Å². The number of ether oxygens (including phenoxy) is 1. The van der Waals surface area contributed by atoms with Crippen molar-refractivity contribution in [2.75, 3.05) is 6.73 Å². The number of carbonyl (C=O) groups is 5.